The molecule has 1 aromatic carbocycles. The Morgan fingerprint density at radius 3 is 2.50 bits per heavy atom. The number of unbranched alkanes of at least 4 members (excludes halogenated alkanes) is 1. The molecule has 1 amide bonds. The van der Waals surface area contributed by atoms with Crippen molar-refractivity contribution < 1.29 is 19.4 Å². The number of carboxylic acids is 1. The van der Waals surface area contributed by atoms with E-state index >= 15 is 0 Å². The van der Waals surface area contributed by atoms with Crippen LogP contribution in [0.1, 0.15) is 19.3 Å². The largest absolute Gasteiger partial charge is 0.494 e. The zero-order valence-corrected chi connectivity index (χ0v) is 12.9. The lowest BCUT2D eigenvalue weighted by atomic mass is 10.2. The summed E-state index contributed by atoms with van der Waals surface area (Å²) < 4.78 is 6.53. The van der Waals surface area contributed by atoms with E-state index in [1.165, 1.54) is 11.9 Å². The number of ether oxygens (including phenoxy) is 1. The van der Waals surface area contributed by atoms with Crippen LogP contribution in [0.25, 0.3) is 0 Å². The standard InChI is InChI=1S/C14H18BrNO4/c1-16(10-14(18)19)13(17)4-2-3-9-20-12-7-5-11(15)6-8-12/h5-8H,2-4,9-10H2,1H3,(H,18,19). The number of likely N-dealkylation sites (N-methyl/N-ethyl adjacent to an activating group) is 1. The first-order valence-electron chi connectivity index (χ1n) is 6.33. The number of rotatable bonds is 8. The molecule has 0 unspecified atom stereocenters. The van der Waals surface area contributed by atoms with Crippen LogP contribution >= 0.6 is 15.9 Å². The molecule has 5 nitrogen and oxygen atoms in total. The number of benzene rings is 1. The fourth-order valence-corrected chi connectivity index (χ4v) is 1.85. The molecule has 0 saturated heterocycles. The molecule has 1 N–H and O–H groups in total. The Morgan fingerprint density at radius 1 is 1.25 bits per heavy atom. The van der Waals surface area contributed by atoms with Gasteiger partial charge in [-0.05, 0) is 37.1 Å². The lowest BCUT2D eigenvalue weighted by molar-refractivity contribution is -0.143. The predicted octanol–water partition coefficient (Wildman–Crippen LogP) is 2.54. The summed E-state index contributed by atoms with van der Waals surface area (Å²) in [6.07, 6.45) is 1.77. The third-order valence-electron chi connectivity index (χ3n) is 2.67. The minimum absolute atomic E-state index is 0.156. The van der Waals surface area contributed by atoms with Gasteiger partial charge in [-0.2, -0.15) is 0 Å². The van der Waals surface area contributed by atoms with Gasteiger partial charge in [-0.15, -0.1) is 0 Å². The maximum atomic E-state index is 11.6. The van der Waals surface area contributed by atoms with E-state index in [0.29, 0.717) is 19.4 Å². The van der Waals surface area contributed by atoms with Crippen LogP contribution < -0.4 is 4.74 Å². The van der Waals surface area contributed by atoms with Gasteiger partial charge in [-0.1, -0.05) is 15.9 Å². The molecular formula is C14H18BrNO4. The second kappa shape index (κ2) is 8.58. The summed E-state index contributed by atoms with van der Waals surface area (Å²) in [6, 6.07) is 7.55. The minimum Gasteiger partial charge on any atom is -0.494 e. The smallest absolute Gasteiger partial charge is 0.323 e. The van der Waals surface area contributed by atoms with Gasteiger partial charge in [-0.25, -0.2) is 0 Å². The van der Waals surface area contributed by atoms with E-state index in [1.807, 2.05) is 24.3 Å². The third-order valence-corrected chi connectivity index (χ3v) is 3.19. The topological polar surface area (TPSA) is 66.8 Å². The van der Waals surface area contributed by atoms with Gasteiger partial charge in [0.05, 0.1) is 6.61 Å². The maximum absolute atomic E-state index is 11.6. The summed E-state index contributed by atoms with van der Waals surface area (Å²) >= 11 is 3.35. The van der Waals surface area contributed by atoms with E-state index in [9.17, 15) is 9.59 Å². The van der Waals surface area contributed by atoms with Crippen LogP contribution in [0.5, 0.6) is 5.75 Å². The normalized spacial score (nSPS) is 10.1. The van der Waals surface area contributed by atoms with Crippen LogP contribution in [0.3, 0.4) is 0 Å². The van der Waals surface area contributed by atoms with E-state index in [4.69, 9.17) is 9.84 Å². The number of nitrogens with zero attached hydrogens (tertiary/aromatic N) is 1. The lowest BCUT2D eigenvalue weighted by Crippen LogP contribution is -2.31. The van der Waals surface area contributed by atoms with Crippen LogP contribution in [0, 0.1) is 0 Å². The fourth-order valence-electron chi connectivity index (χ4n) is 1.58. The van der Waals surface area contributed by atoms with E-state index in [2.05, 4.69) is 15.9 Å². The molecule has 6 heteroatoms. The highest BCUT2D eigenvalue weighted by atomic mass is 79.9. The van der Waals surface area contributed by atoms with E-state index in [-0.39, 0.29) is 12.5 Å². The lowest BCUT2D eigenvalue weighted by Gasteiger charge is -2.14. The maximum Gasteiger partial charge on any atom is 0.323 e. The summed E-state index contributed by atoms with van der Waals surface area (Å²) in [5.74, 6) is -0.363. The van der Waals surface area contributed by atoms with Gasteiger partial charge in [0.25, 0.3) is 0 Å². The van der Waals surface area contributed by atoms with Crippen molar-refractivity contribution in [2.75, 3.05) is 20.2 Å². The number of halogens is 1. The Morgan fingerprint density at radius 2 is 1.90 bits per heavy atom. The molecule has 0 atom stereocenters. The molecule has 20 heavy (non-hydrogen) atoms. The molecule has 0 aliphatic carbocycles. The summed E-state index contributed by atoms with van der Waals surface area (Å²) in [7, 11) is 1.49. The predicted molar refractivity (Wildman–Crippen MR) is 78.8 cm³/mol. The molecule has 1 rings (SSSR count). The Bertz CT molecular complexity index is 447. The Labute approximate surface area is 126 Å². The minimum atomic E-state index is -1.00. The monoisotopic (exact) mass is 343 g/mol. The van der Waals surface area contributed by atoms with Crippen molar-refractivity contribution in [3.63, 3.8) is 0 Å². The second-order valence-corrected chi connectivity index (χ2v) is 5.32. The highest BCUT2D eigenvalue weighted by molar-refractivity contribution is 9.10. The first kappa shape index (κ1) is 16.5. The van der Waals surface area contributed by atoms with Crippen molar-refractivity contribution >= 4 is 27.8 Å². The van der Waals surface area contributed by atoms with Crippen LogP contribution in [-0.4, -0.2) is 42.1 Å². The van der Waals surface area contributed by atoms with Crippen molar-refractivity contribution in [2.45, 2.75) is 19.3 Å². The first-order chi connectivity index (χ1) is 9.49. The molecule has 1 aromatic rings. The number of carbonyl (C=O) groups is 2. The molecule has 0 aliphatic heterocycles. The van der Waals surface area contributed by atoms with Crippen LogP contribution in [0.15, 0.2) is 28.7 Å². The number of hydrogen-bond donors (Lipinski definition) is 1. The van der Waals surface area contributed by atoms with Crippen molar-refractivity contribution in [3.05, 3.63) is 28.7 Å². The zero-order chi connectivity index (χ0) is 15.0. The van der Waals surface area contributed by atoms with Crippen LogP contribution in [0.4, 0.5) is 0 Å². The number of carboxylic acid groups (broad SMARTS) is 1. The summed E-state index contributed by atoms with van der Waals surface area (Å²) in [4.78, 5) is 23.2. The van der Waals surface area contributed by atoms with Gasteiger partial charge in [0.2, 0.25) is 5.91 Å². The quantitative estimate of drug-likeness (QED) is 0.736. The molecule has 110 valence electrons. The van der Waals surface area contributed by atoms with Gasteiger partial charge >= 0.3 is 5.97 Å². The highest BCUT2D eigenvalue weighted by Crippen LogP contribution is 2.16. The van der Waals surface area contributed by atoms with E-state index in [1.54, 1.807) is 0 Å². The Hall–Kier alpha value is -1.56. The van der Waals surface area contributed by atoms with Crippen LogP contribution in [0.2, 0.25) is 0 Å². The highest BCUT2D eigenvalue weighted by Gasteiger charge is 2.11. The SMILES string of the molecule is CN(CC(=O)O)C(=O)CCCCOc1ccc(Br)cc1. The number of hydrogen-bond acceptors (Lipinski definition) is 3. The molecule has 0 saturated carbocycles. The Balaban J connectivity index is 2.14. The van der Waals surface area contributed by atoms with Gasteiger partial charge in [0.1, 0.15) is 12.3 Å². The van der Waals surface area contributed by atoms with Crippen molar-refractivity contribution in [1.82, 2.24) is 4.90 Å². The van der Waals surface area contributed by atoms with E-state index in [0.717, 1.165) is 16.6 Å². The molecule has 0 heterocycles. The fraction of sp³-hybridized carbons (Fsp3) is 0.429. The van der Waals surface area contributed by atoms with Crippen LogP contribution in [-0.2, 0) is 9.59 Å². The third kappa shape index (κ3) is 6.56. The summed E-state index contributed by atoms with van der Waals surface area (Å²) in [5.41, 5.74) is 0. The molecule has 0 bridgehead atoms. The van der Waals surface area contributed by atoms with Gasteiger partial charge in [-0.3, -0.25) is 9.59 Å². The van der Waals surface area contributed by atoms with Gasteiger partial charge in [0.15, 0.2) is 0 Å². The molecular weight excluding hydrogens is 326 g/mol. The number of aliphatic carboxylic acids is 1. The van der Waals surface area contributed by atoms with Crippen molar-refractivity contribution in [3.8, 4) is 5.75 Å². The Kier molecular flexibility index (Phi) is 7.08. The number of amides is 1. The first-order valence-corrected chi connectivity index (χ1v) is 7.12. The van der Waals surface area contributed by atoms with Gasteiger partial charge in [0, 0.05) is 17.9 Å². The van der Waals surface area contributed by atoms with Crippen molar-refractivity contribution in [2.24, 2.45) is 0 Å². The summed E-state index contributed by atoms with van der Waals surface area (Å²) in [6.45, 7) is 0.284. The average molecular weight is 344 g/mol. The summed E-state index contributed by atoms with van der Waals surface area (Å²) in [5, 5.41) is 8.57. The number of carbonyl (C=O) groups excluding carboxylic acids is 1. The average Bonchev–Trinajstić information content (AvgIpc) is 2.39. The molecule has 0 aromatic heterocycles. The molecule has 0 spiro atoms. The second-order valence-electron chi connectivity index (χ2n) is 4.40. The van der Waals surface area contributed by atoms with E-state index < -0.39 is 5.97 Å². The van der Waals surface area contributed by atoms with Crippen molar-refractivity contribution in [1.29, 1.82) is 0 Å². The van der Waals surface area contributed by atoms with Gasteiger partial charge < -0.3 is 14.7 Å². The molecule has 0 radical (unpaired) electrons. The zero-order valence-electron chi connectivity index (χ0n) is 11.3. The molecule has 0 aliphatic rings. The molecule has 0 fully saturated rings.